The van der Waals surface area contributed by atoms with E-state index in [1.165, 1.54) is 32.1 Å². The maximum absolute atomic E-state index is 2.25. The SMILES string of the molecule is CCCCCCC=C[n+]1ccn(C)c1.[Cl-]. The van der Waals surface area contributed by atoms with E-state index in [1.807, 2.05) is 17.8 Å². The van der Waals surface area contributed by atoms with E-state index in [0.717, 1.165) is 0 Å². The average Bonchev–Trinajstić information content (AvgIpc) is 2.58. The van der Waals surface area contributed by atoms with Crippen molar-refractivity contribution < 1.29 is 17.0 Å². The number of hydrogen-bond donors (Lipinski definition) is 0. The van der Waals surface area contributed by atoms with Gasteiger partial charge in [0.05, 0.1) is 13.2 Å². The summed E-state index contributed by atoms with van der Waals surface area (Å²) in [6.07, 6.45) is 17.1. The zero-order valence-electron chi connectivity index (χ0n) is 9.69. The van der Waals surface area contributed by atoms with E-state index in [4.69, 9.17) is 0 Å². The number of aromatic nitrogens is 2. The van der Waals surface area contributed by atoms with Crippen LogP contribution >= 0.6 is 0 Å². The molecule has 0 fully saturated rings. The van der Waals surface area contributed by atoms with Gasteiger partial charge >= 0.3 is 0 Å². The Kier molecular flexibility index (Phi) is 8.11. The Morgan fingerprint density at radius 1 is 1.27 bits per heavy atom. The molecule has 1 aromatic rings. The van der Waals surface area contributed by atoms with Crippen LogP contribution in [0.1, 0.15) is 39.0 Å². The summed E-state index contributed by atoms with van der Waals surface area (Å²) in [4.78, 5) is 0. The van der Waals surface area contributed by atoms with E-state index < -0.39 is 0 Å². The molecule has 86 valence electrons. The zero-order valence-corrected chi connectivity index (χ0v) is 10.5. The Morgan fingerprint density at radius 2 is 2.07 bits per heavy atom. The van der Waals surface area contributed by atoms with Crippen molar-refractivity contribution in [1.82, 2.24) is 4.57 Å². The van der Waals surface area contributed by atoms with Crippen LogP contribution in [-0.2, 0) is 7.05 Å². The number of hydrogen-bond acceptors (Lipinski definition) is 0. The first-order valence-corrected chi connectivity index (χ1v) is 5.52. The van der Waals surface area contributed by atoms with Crippen LogP contribution in [0.3, 0.4) is 0 Å². The number of nitrogens with zero attached hydrogens (tertiary/aromatic N) is 2. The van der Waals surface area contributed by atoms with Crippen LogP contribution < -0.4 is 17.0 Å². The topological polar surface area (TPSA) is 8.81 Å². The molecule has 0 atom stereocenters. The molecule has 0 amide bonds. The normalized spacial score (nSPS) is 10.5. The fourth-order valence-electron chi connectivity index (χ4n) is 1.44. The summed E-state index contributed by atoms with van der Waals surface area (Å²) in [6, 6.07) is 0. The van der Waals surface area contributed by atoms with Gasteiger partial charge in [0.15, 0.2) is 0 Å². The van der Waals surface area contributed by atoms with Crippen molar-refractivity contribution in [3.63, 3.8) is 0 Å². The summed E-state index contributed by atoms with van der Waals surface area (Å²) in [5, 5.41) is 0. The largest absolute Gasteiger partial charge is 1.00 e. The summed E-state index contributed by atoms with van der Waals surface area (Å²) < 4.78 is 4.13. The van der Waals surface area contributed by atoms with Crippen molar-refractivity contribution in [3.05, 3.63) is 24.8 Å². The third-order valence-electron chi connectivity index (χ3n) is 2.29. The Morgan fingerprint density at radius 3 is 2.67 bits per heavy atom. The summed E-state index contributed by atoms with van der Waals surface area (Å²) in [6.45, 7) is 2.25. The molecule has 15 heavy (non-hydrogen) atoms. The van der Waals surface area contributed by atoms with Gasteiger partial charge in [-0.25, -0.2) is 9.13 Å². The predicted octanol–water partition coefficient (Wildman–Crippen LogP) is -0.242. The molecule has 0 unspecified atom stereocenters. The molecule has 1 rings (SSSR count). The van der Waals surface area contributed by atoms with Crippen LogP contribution in [0.4, 0.5) is 0 Å². The van der Waals surface area contributed by atoms with Crippen molar-refractivity contribution in [2.45, 2.75) is 39.0 Å². The average molecular weight is 229 g/mol. The van der Waals surface area contributed by atoms with Crippen LogP contribution in [0, 0.1) is 0 Å². The first-order chi connectivity index (χ1) is 6.83. The fourth-order valence-corrected chi connectivity index (χ4v) is 1.44. The molecule has 1 heterocycles. The molecule has 0 aromatic carbocycles. The molecule has 0 bridgehead atoms. The molecular weight excluding hydrogens is 208 g/mol. The third-order valence-corrected chi connectivity index (χ3v) is 2.29. The minimum Gasteiger partial charge on any atom is -1.00 e. The highest BCUT2D eigenvalue weighted by atomic mass is 35.5. The van der Waals surface area contributed by atoms with E-state index in [0.29, 0.717) is 0 Å². The van der Waals surface area contributed by atoms with Crippen LogP contribution in [0.15, 0.2) is 24.8 Å². The van der Waals surface area contributed by atoms with Crippen molar-refractivity contribution in [1.29, 1.82) is 0 Å². The van der Waals surface area contributed by atoms with E-state index in [9.17, 15) is 0 Å². The van der Waals surface area contributed by atoms with Crippen molar-refractivity contribution in [2.75, 3.05) is 0 Å². The second kappa shape index (κ2) is 8.54. The maximum atomic E-state index is 2.25. The number of halogens is 1. The third kappa shape index (κ3) is 6.34. The zero-order chi connectivity index (χ0) is 10.2. The van der Waals surface area contributed by atoms with E-state index in [2.05, 4.69) is 36.3 Å². The van der Waals surface area contributed by atoms with Gasteiger partial charge in [-0.2, -0.15) is 0 Å². The standard InChI is InChI=1S/C12H21N2.ClH/c1-3-4-5-6-7-8-9-14-11-10-13(2)12-14;/h8-12H,3-7H2,1-2H3;1H/q+1;/p-1. The van der Waals surface area contributed by atoms with Crippen LogP contribution in [0.25, 0.3) is 6.20 Å². The summed E-state index contributed by atoms with van der Waals surface area (Å²) in [5.41, 5.74) is 0. The Balaban J connectivity index is 0.00000196. The second-order valence-corrected chi connectivity index (χ2v) is 3.76. The van der Waals surface area contributed by atoms with Crippen molar-refractivity contribution >= 4 is 6.20 Å². The molecule has 2 nitrogen and oxygen atoms in total. The molecular formula is C12H21ClN2. The van der Waals surface area contributed by atoms with Gasteiger partial charge < -0.3 is 12.4 Å². The first kappa shape index (κ1) is 14.2. The van der Waals surface area contributed by atoms with Crippen molar-refractivity contribution in [2.24, 2.45) is 7.05 Å². The Hall–Kier alpha value is -0.760. The number of aryl methyl sites for hydroxylation is 1. The predicted molar refractivity (Wildman–Crippen MR) is 59.7 cm³/mol. The summed E-state index contributed by atoms with van der Waals surface area (Å²) >= 11 is 0. The van der Waals surface area contributed by atoms with E-state index >= 15 is 0 Å². The molecule has 0 aliphatic rings. The number of rotatable bonds is 6. The lowest BCUT2D eigenvalue weighted by Crippen LogP contribution is -3.00. The van der Waals surface area contributed by atoms with Crippen molar-refractivity contribution in [3.8, 4) is 0 Å². The van der Waals surface area contributed by atoms with Gasteiger partial charge in [-0.05, 0) is 18.9 Å². The smallest absolute Gasteiger partial charge is 0.248 e. The maximum Gasteiger partial charge on any atom is 0.248 e. The molecule has 0 saturated carbocycles. The van der Waals surface area contributed by atoms with Crippen LogP contribution in [0.5, 0.6) is 0 Å². The lowest BCUT2D eigenvalue weighted by Gasteiger charge is -1.92. The molecule has 0 radical (unpaired) electrons. The molecule has 0 aliphatic heterocycles. The van der Waals surface area contributed by atoms with Gasteiger partial charge in [0.1, 0.15) is 12.4 Å². The minimum absolute atomic E-state index is 0. The fraction of sp³-hybridized carbons (Fsp3) is 0.583. The van der Waals surface area contributed by atoms with Gasteiger partial charge in [-0.3, -0.25) is 0 Å². The molecule has 0 N–H and O–H groups in total. The van der Waals surface area contributed by atoms with Gasteiger partial charge in [0.2, 0.25) is 6.33 Å². The summed E-state index contributed by atoms with van der Waals surface area (Å²) in [7, 11) is 2.03. The lowest BCUT2D eigenvalue weighted by atomic mass is 10.1. The van der Waals surface area contributed by atoms with Gasteiger partial charge in [0.25, 0.3) is 0 Å². The summed E-state index contributed by atoms with van der Waals surface area (Å²) in [5.74, 6) is 0. The monoisotopic (exact) mass is 228 g/mol. The van der Waals surface area contributed by atoms with E-state index in [-0.39, 0.29) is 12.4 Å². The minimum atomic E-state index is 0. The highest BCUT2D eigenvalue weighted by Crippen LogP contribution is 2.02. The highest BCUT2D eigenvalue weighted by molar-refractivity contribution is 5.05. The molecule has 0 spiro atoms. The quantitative estimate of drug-likeness (QED) is 0.470. The molecule has 0 aliphatic carbocycles. The van der Waals surface area contributed by atoms with Gasteiger partial charge in [-0.15, -0.1) is 0 Å². The Labute approximate surface area is 99.0 Å². The van der Waals surface area contributed by atoms with Crippen LogP contribution in [-0.4, -0.2) is 4.57 Å². The molecule has 3 heteroatoms. The Bertz CT molecular complexity index is 279. The number of unbranched alkanes of at least 4 members (excludes halogenated alkanes) is 4. The van der Waals surface area contributed by atoms with Gasteiger partial charge in [0, 0.05) is 0 Å². The van der Waals surface area contributed by atoms with Crippen LogP contribution in [0.2, 0.25) is 0 Å². The molecule has 0 saturated heterocycles. The van der Waals surface area contributed by atoms with Gasteiger partial charge in [-0.1, -0.05) is 26.2 Å². The van der Waals surface area contributed by atoms with E-state index in [1.54, 1.807) is 0 Å². The second-order valence-electron chi connectivity index (χ2n) is 3.76. The number of allylic oxidation sites excluding steroid dienone is 1. The first-order valence-electron chi connectivity index (χ1n) is 5.52. The molecule has 1 aromatic heterocycles. The lowest BCUT2D eigenvalue weighted by molar-refractivity contribution is -0.567. The number of imidazole rings is 1. The highest BCUT2D eigenvalue weighted by Gasteiger charge is 1.93.